The van der Waals surface area contributed by atoms with E-state index in [1.165, 1.54) is 18.2 Å². The molecule has 1 fully saturated rings. The molecule has 8 heteroatoms. The second-order valence-electron chi connectivity index (χ2n) is 4.20. The van der Waals surface area contributed by atoms with Crippen molar-refractivity contribution in [3.05, 3.63) is 29.8 Å². The van der Waals surface area contributed by atoms with Crippen molar-refractivity contribution in [1.82, 2.24) is 9.62 Å². The van der Waals surface area contributed by atoms with Crippen LogP contribution >= 0.6 is 0 Å². The Hall–Kier alpha value is -2.21. The summed E-state index contributed by atoms with van der Waals surface area (Å²) in [5.41, 5.74) is 0.199. The molecule has 1 heterocycles. The van der Waals surface area contributed by atoms with Gasteiger partial charge in [-0.2, -0.15) is 4.31 Å². The van der Waals surface area contributed by atoms with E-state index in [1.54, 1.807) is 6.07 Å². The number of aliphatic hydroxyl groups excluding tert-OH is 1. The molecule has 0 aromatic heterocycles. The zero-order chi connectivity index (χ0) is 15.5. The maximum atomic E-state index is 12.5. The fourth-order valence-corrected chi connectivity index (χ4v) is 3.35. The van der Waals surface area contributed by atoms with Gasteiger partial charge in [0, 0.05) is 5.56 Å². The Morgan fingerprint density at radius 1 is 1.19 bits per heavy atom. The van der Waals surface area contributed by atoms with Gasteiger partial charge in [0.15, 0.2) is 0 Å². The fraction of sp³-hybridized carbons (Fsp3) is 0.231. The molecular formula is C13H12N2O5S. The number of aliphatic hydroxyl groups is 1. The van der Waals surface area contributed by atoms with Crippen molar-refractivity contribution in [3.8, 4) is 11.8 Å². The lowest BCUT2D eigenvalue weighted by Crippen LogP contribution is -2.53. The van der Waals surface area contributed by atoms with Gasteiger partial charge >= 0.3 is 0 Å². The summed E-state index contributed by atoms with van der Waals surface area (Å²) < 4.78 is 25.9. The van der Waals surface area contributed by atoms with Gasteiger partial charge in [-0.15, -0.1) is 0 Å². The van der Waals surface area contributed by atoms with E-state index in [1.807, 2.05) is 5.32 Å². The van der Waals surface area contributed by atoms with Crippen LogP contribution in [0.15, 0.2) is 29.2 Å². The number of hydrogen-bond acceptors (Lipinski definition) is 5. The molecule has 0 aliphatic carbocycles. The van der Waals surface area contributed by atoms with Crippen LogP contribution in [0.25, 0.3) is 0 Å². The summed E-state index contributed by atoms with van der Waals surface area (Å²) in [6.07, 6.45) is 0. The van der Waals surface area contributed by atoms with E-state index >= 15 is 0 Å². The van der Waals surface area contributed by atoms with Gasteiger partial charge in [-0.25, -0.2) is 8.42 Å². The van der Waals surface area contributed by atoms with E-state index in [2.05, 4.69) is 11.8 Å². The first-order chi connectivity index (χ1) is 9.95. The van der Waals surface area contributed by atoms with Gasteiger partial charge in [-0.05, 0) is 12.1 Å². The van der Waals surface area contributed by atoms with Gasteiger partial charge in [-0.3, -0.25) is 14.9 Å². The number of hydrogen-bond donors (Lipinski definition) is 2. The zero-order valence-electron chi connectivity index (χ0n) is 10.9. The quantitative estimate of drug-likeness (QED) is 0.521. The second kappa shape index (κ2) is 6.05. The fourth-order valence-electron chi connectivity index (χ4n) is 1.85. The van der Waals surface area contributed by atoms with Gasteiger partial charge in [0.2, 0.25) is 21.8 Å². The Morgan fingerprint density at radius 3 is 2.43 bits per heavy atom. The third kappa shape index (κ3) is 3.28. The van der Waals surface area contributed by atoms with Crippen LogP contribution < -0.4 is 5.32 Å². The van der Waals surface area contributed by atoms with E-state index < -0.39 is 41.5 Å². The predicted molar refractivity (Wildman–Crippen MR) is 72.3 cm³/mol. The minimum absolute atomic E-state index is 0.103. The maximum absolute atomic E-state index is 12.5. The molecule has 1 aliphatic heterocycles. The van der Waals surface area contributed by atoms with Crippen LogP contribution in [0.4, 0.5) is 0 Å². The SMILES string of the molecule is O=C1CN(S(=O)(=O)c2ccccc2C#CCO)CC(=O)N1. The molecule has 0 radical (unpaired) electrons. The second-order valence-corrected chi connectivity index (χ2v) is 6.11. The highest BCUT2D eigenvalue weighted by Crippen LogP contribution is 2.20. The highest BCUT2D eigenvalue weighted by atomic mass is 32.2. The Bertz CT molecular complexity index is 729. The van der Waals surface area contributed by atoms with E-state index in [4.69, 9.17) is 5.11 Å². The van der Waals surface area contributed by atoms with Crippen LogP contribution in [0.2, 0.25) is 0 Å². The Morgan fingerprint density at radius 2 is 1.81 bits per heavy atom. The number of nitrogens with zero attached hydrogens (tertiary/aromatic N) is 1. The monoisotopic (exact) mass is 308 g/mol. The molecule has 2 amide bonds. The molecular weight excluding hydrogens is 296 g/mol. The summed E-state index contributed by atoms with van der Waals surface area (Å²) in [6.45, 7) is -1.25. The lowest BCUT2D eigenvalue weighted by molar-refractivity contribution is -0.134. The molecule has 7 nitrogen and oxygen atoms in total. The number of amides is 2. The van der Waals surface area contributed by atoms with Crippen LogP contribution in [0.5, 0.6) is 0 Å². The van der Waals surface area contributed by atoms with E-state index in [-0.39, 0.29) is 10.5 Å². The van der Waals surface area contributed by atoms with Crippen molar-refractivity contribution in [3.63, 3.8) is 0 Å². The van der Waals surface area contributed by atoms with Crippen molar-refractivity contribution < 1.29 is 23.1 Å². The number of imide groups is 1. The van der Waals surface area contributed by atoms with Gasteiger partial charge < -0.3 is 5.11 Å². The number of benzene rings is 1. The van der Waals surface area contributed by atoms with Gasteiger partial charge in [0.25, 0.3) is 0 Å². The Labute approximate surface area is 121 Å². The normalized spacial score (nSPS) is 16.0. The first kappa shape index (κ1) is 15.2. The topological polar surface area (TPSA) is 104 Å². The summed E-state index contributed by atoms with van der Waals surface area (Å²) in [6, 6.07) is 5.95. The molecule has 1 saturated heterocycles. The summed E-state index contributed by atoms with van der Waals surface area (Å²) in [4.78, 5) is 22.5. The lowest BCUT2D eigenvalue weighted by atomic mass is 10.2. The van der Waals surface area contributed by atoms with Crippen molar-refractivity contribution >= 4 is 21.8 Å². The number of sulfonamides is 1. The lowest BCUT2D eigenvalue weighted by Gasteiger charge is -2.25. The average Bonchev–Trinajstić information content (AvgIpc) is 2.44. The molecule has 110 valence electrons. The van der Waals surface area contributed by atoms with Crippen molar-refractivity contribution in [2.45, 2.75) is 4.90 Å². The number of rotatable bonds is 2. The summed E-state index contributed by atoms with van der Waals surface area (Å²) in [5.74, 6) is 3.57. The highest BCUT2D eigenvalue weighted by Gasteiger charge is 2.33. The van der Waals surface area contributed by atoms with E-state index in [0.717, 1.165) is 4.31 Å². The molecule has 2 rings (SSSR count). The van der Waals surface area contributed by atoms with Crippen LogP contribution in [0.1, 0.15) is 5.56 Å². The summed E-state index contributed by atoms with van der Waals surface area (Å²) in [7, 11) is -4.02. The number of carbonyl (C=O) groups excluding carboxylic acids is 2. The smallest absolute Gasteiger partial charge is 0.245 e. The third-order valence-electron chi connectivity index (χ3n) is 2.73. The third-order valence-corrected chi connectivity index (χ3v) is 4.58. The number of piperazine rings is 1. The largest absolute Gasteiger partial charge is 0.384 e. The van der Waals surface area contributed by atoms with Gasteiger partial charge in [-0.1, -0.05) is 24.0 Å². The van der Waals surface area contributed by atoms with Gasteiger partial charge in [0.1, 0.15) is 6.61 Å². The Kier molecular flexibility index (Phi) is 4.37. The molecule has 1 aromatic carbocycles. The van der Waals surface area contributed by atoms with Crippen molar-refractivity contribution in [2.24, 2.45) is 0 Å². The standard InChI is InChI=1S/C13H12N2O5S/c16-7-3-5-10-4-1-2-6-11(10)21(19,20)15-8-12(17)14-13(18)9-15/h1-2,4,6,16H,7-9H2,(H,14,17,18). The predicted octanol–water partition coefficient (Wildman–Crippen LogP) is -1.32. The number of carbonyl (C=O) groups is 2. The van der Waals surface area contributed by atoms with Crippen LogP contribution in [-0.2, 0) is 19.6 Å². The molecule has 0 bridgehead atoms. The average molecular weight is 308 g/mol. The molecule has 1 aliphatic rings. The molecule has 21 heavy (non-hydrogen) atoms. The van der Waals surface area contributed by atoms with Crippen LogP contribution in [-0.4, -0.2) is 49.3 Å². The van der Waals surface area contributed by atoms with E-state index in [9.17, 15) is 18.0 Å². The summed E-state index contributed by atoms with van der Waals surface area (Å²) >= 11 is 0. The minimum atomic E-state index is -4.02. The van der Waals surface area contributed by atoms with E-state index in [0.29, 0.717) is 0 Å². The molecule has 0 spiro atoms. The van der Waals surface area contributed by atoms with Gasteiger partial charge in [0.05, 0.1) is 18.0 Å². The first-order valence-electron chi connectivity index (χ1n) is 5.96. The molecule has 1 aromatic rings. The van der Waals surface area contributed by atoms with Crippen LogP contribution in [0, 0.1) is 11.8 Å². The maximum Gasteiger partial charge on any atom is 0.245 e. The van der Waals surface area contributed by atoms with Crippen molar-refractivity contribution in [2.75, 3.05) is 19.7 Å². The Balaban J connectivity index is 2.44. The zero-order valence-corrected chi connectivity index (χ0v) is 11.7. The molecule has 2 N–H and O–H groups in total. The molecule has 0 saturated carbocycles. The first-order valence-corrected chi connectivity index (χ1v) is 7.41. The highest BCUT2D eigenvalue weighted by molar-refractivity contribution is 7.89. The molecule has 0 unspecified atom stereocenters. The summed E-state index contributed by atoms with van der Waals surface area (Å²) in [5, 5.41) is 10.7. The van der Waals surface area contributed by atoms with Crippen LogP contribution in [0.3, 0.4) is 0 Å². The van der Waals surface area contributed by atoms with Crippen molar-refractivity contribution in [1.29, 1.82) is 0 Å². The number of nitrogens with one attached hydrogen (secondary N) is 1. The minimum Gasteiger partial charge on any atom is -0.384 e. The molecule has 0 atom stereocenters.